The van der Waals surface area contributed by atoms with Crippen molar-refractivity contribution >= 4 is 28.6 Å². The maximum Gasteiger partial charge on any atom is 0.416 e. The molecule has 0 aliphatic rings. The number of hydrogen-bond acceptors (Lipinski definition) is 6. The molecule has 8 nitrogen and oxygen atoms in total. The zero-order valence-corrected chi connectivity index (χ0v) is 15.8. The molecule has 3 rings (SSSR count). The summed E-state index contributed by atoms with van der Waals surface area (Å²) in [5.41, 5.74) is -0.731. The molecule has 13 heteroatoms. The van der Waals surface area contributed by atoms with E-state index in [2.05, 4.69) is 20.6 Å². The fourth-order valence-electron chi connectivity index (χ4n) is 2.78. The van der Waals surface area contributed by atoms with E-state index in [1.165, 1.54) is 6.92 Å². The Bertz CT molecular complexity index is 1080. The number of aryl methyl sites for hydroxylation is 1. The van der Waals surface area contributed by atoms with Crippen molar-refractivity contribution in [2.45, 2.75) is 19.1 Å². The summed E-state index contributed by atoms with van der Waals surface area (Å²) in [5.74, 6) is -2.78. The first-order valence-electron chi connectivity index (χ1n) is 8.79. The van der Waals surface area contributed by atoms with Crippen LogP contribution < -0.4 is 16.0 Å². The maximum absolute atomic E-state index is 13.9. The van der Waals surface area contributed by atoms with Crippen LogP contribution >= 0.6 is 0 Å². The minimum Gasteiger partial charge on any atom is -0.455 e. The van der Waals surface area contributed by atoms with Crippen LogP contribution in [0.5, 0.6) is 0 Å². The van der Waals surface area contributed by atoms with Gasteiger partial charge in [-0.3, -0.25) is 0 Å². The molecule has 0 radical (unpaired) electrons. The molecule has 0 bridgehead atoms. The largest absolute Gasteiger partial charge is 0.455 e. The van der Waals surface area contributed by atoms with Crippen LogP contribution in [0.3, 0.4) is 0 Å². The van der Waals surface area contributed by atoms with Crippen LogP contribution in [-0.2, 0) is 0 Å². The number of amides is 2. The Morgan fingerprint density at radius 2 is 1.90 bits per heavy atom. The number of rotatable bonds is 6. The Hall–Kier alpha value is -3.48. The molecule has 3 aromatic rings. The van der Waals surface area contributed by atoms with Crippen molar-refractivity contribution in [2.24, 2.45) is 0 Å². The Morgan fingerprint density at radius 1 is 1.23 bits per heavy atom. The summed E-state index contributed by atoms with van der Waals surface area (Å²) in [6, 6.07) is -2.56. The summed E-state index contributed by atoms with van der Waals surface area (Å²) in [7, 11) is 0. The van der Waals surface area contributed by atoms with Crippen LogP contribution in [0.1, 0.15) is 17.4 Å². The van der Waals surface area contributed by atoms with Crippen molar-refractivity contribution in [1.29, 1.82) is 0 Å². The minimum atomic E-state index is -5.00. The smallest absolute Gasteiger partial charge is 0.416 e. The number of anilines is 2. The van der Waals surface area contributed by atoms with E-state index in [1.807, 2.05) is 0 Å². The molecule has 0 saturated carbocycles. The zero-order valence-electron chi connectivity index (χ0n) is 15.8. The molecule has 0 aliphatic heterocycles. The Morgan fingerprint density at radius 3 is 2.52 bits per heavy atom. The minimum absolute atomic E-state index is 0.0117. The molecular formula is C18H16F5N5O3. The number of carbonyl (C=O) groups excluding carboxylic acids is 1. The molecule has 0 aliphatic carbocycles. The second kappa shape index (κ2) is 8.71. The third-order valence-corrected chi connectivity index (χ3v) is 4.16. The van der Waals surface area contributed by atoms with E-state index in [4.69, 9.17) is 9.52 Å². The Kier molecular flexibility index (Phi) is 6.24. The highest BCUT2D eigenvalue weighted by atomic mass is 19.4. The molecule has 166 valence electrons. The Labute approximate surface area is 171 Å². The number of halogens is 5. The average molecular weight is 445 g/mol. The number of urea groups is 1. The molecule has 0 saturated heterocycles. The van der Waals surface area contributed by atoms with Gasteiger partial charge in [0.1, 0.15) is 11.6 Å². The average Bonchev–Trinajstić information content (AvgIpc) is 3.01. The van der Waals surface area contributed by atoms with Gasteiger partial charge in [0.05, 0.1) is 24.7 Å². The van der Waals surface area contributed by atoms with E-state index in [1.54, 1.807) is 5.32 Å². The molecule has 1 unspecified atom stereocenters. The van der Waals surface area contributed by atoms with E-state index >= 15 is 0 Å². The van der Waals surface area contributed by atoms with Gasteiger partial charge in [-0.15, -0.1) is 0 Å². The molecule has 0 fully saturated rings. The highest BCUT2D eigenvalue weighted by molar-refractivity contribution is 5.89. The molecule has 4 N–H and O–H groups in total. The van der Waals surface area contributed by atoms with Crippen molar-refractivity contribution in [2.75, 3.05) is 23.8 Å². The van der Waals surface area contributed by atoms with Gasteiger partial charge in [-0.2, -0.15) is 13.2 Å². The van der Waals surface area contributed by atoms with Gasteiger partial charge in [0.25, 0.3) is 0 Å². The Balaban J connectivity index is 1.83. The van der Waals surface area contributed by atoms with Crippen LogP contribution in [-0.4, -0.2) is 40.4 Å². The summed E-state index contributed by atoms with van der Waals surface area (Å²) in [5, 5.41) is 15.1. The highest BCUT2D eigenvalue weighted by Crippen LogP contribution is 2.39. The number of hydrogen-bond donors (Lipinski definition) is 4. The van der Waals surface area contributed by atoms with Gasteiger partial charge in [-0.05, 0) is 13.0 Å². The fraction of sp³-hybridized carbons (Fsp3) is 0.278. The van der Waals surface area contributed by atoms with Crippen LogP contribution in [0.4, 0.5) is 38.4 Å². The number of nitrogens with one attached hydrogen (secondary N) is 3. The molecule has 31 heavy (non-hydrogen) atoms. The van der Waals surface area contributed by atoms with Gasteiger partial charge in [-0.1, -0.05) is 0 Å². The van der Waals surface area contributed by atoms with Crippen LogP contribution in [0.25, 0.3) is 11.0 Å². The number of alkyl halides is 3. The number of benzene rings is 1. The van der Waals surface area contributed by atoms with E-state index in [0.29, 0.717) is 6.07 Å². The predicted molar refractivity (Wildman–Crippen MR) is 99.4 cm³/mol. The third kappa shape index (κ3) is 4.99. The van der Waals surface area contributed by atoms with Gasteiger partial charge < -0.3 is 25.5 Å². The zero-order chi connectivity index (χ0) is 22.8. The van der Waals surface area contributed by atoms with Crippen LogP contribution in [0, 0.1) is 18.6 Å². The summed E-state index contributed by atoms with van der Waals surface area (Å²) in [6.07, 6.45) is -2.72. The highest BCUT2D eigenvalue weighted by Gasteiger charge is 2.45. The summed E-state index contributed by atoms with van der Waals surface area (Å²) < 4.78 is 73.3. The summed E-state index contributed by atoms with van der Waals surface area (Å²) in [4.78, 5) is 19.8. The van der Waals surface area contributed by atoms with E-state index in [0.717, 1.165) is 18.5 Å². The second-order valence-corrected chi connectivity index (χ2v) is 6.37. The van der Waals surface area contributed by atoms with Crippen LogP contribution in [0.2, 0.25) is 0 Å². The summed E-state index contributed by atoms with van der Waals surface area (Å²) >= 11 is 0. The van der Waals surface area contributed by atoms with Gasteiger partial charge in [0, 0.05) is 23.6 Å². The molecule has 0 spiro atoms. The normalized spacial score (nSPS) is 12.6. The maximum atomic E-state index is 13.9. The van der Waals surface area contributed by atoms with E-state index in [-0.39, 0.29) is 35.7 Å². The third-order valence-electron chi connectivity index (χ3n) is 4.16. The van der Waals surface area contributed by atoms with Gasteiger partial charge in [0.2, 0.25) is 5.95 Å². The van der Waals surface area contributed by atoms with Gasteiger partial charge in [-0.25, -0.2) is 23.5 Å². The van der Waals surface area contributed by atoms with Crippen molar-refractivity contribution < 1.29 is 36.3 Å². The first kappa shape index (κ1) is 22.2. The fourth-order valence-corrected chi connectivity index (χ4v) is 2.78. The lowest BCUT2D eigenvalue weighted by Gasteiger charge is -2.20. The monoisotopic (exact) mass is 445 g/mol. The molecular weight excluding hydrogens is 429 g/mol. The number of furan rings is 1. The summed E-state index contributed by atoms with van der Waals surface area (Å²) in [6.45, 7) is 1.22. The molecule has 1 aromatic carbocycles. The molecule has 2 aromatic heterocycles. The van der Waals surface area contributed by atoms with Crippen molar-refractivity contribution in [1.82, 2.24) is 15.3 Å². The number of aliphatic hydroxyl groups excluding tert-OH is 1. The number of nitrogens with zero attached hydrogens (tertiary/aromatic N) is 2. The lowest BCUT2D eigenvalue weighted by atomic mass is 10.1. The quantitative estimate of drug-likeness (QED) is 0.431. The predicted octanol–water partition coefficient (Wildman–Crippen LogP) is 3.64. The molecule has 2 amide bonds. The lowest BCUT2D eigenvalue weighted by Crippen LogP contribution is -2.40. The van der Waals surface area contributed by atoms with Gasteiger partial charge in [0.15, 0.2) is 17.4 Å². The second-order valence-electron chi connectivity index (χ2n) is 6.37. The van der Waals surface area contributed by atoms with E-state index in [9.17, 15) is 26.7 Å². The van der Waals surface area contributed by atoms with Gasteiger partial charge >= 0.3 is 12.2 Å². The SMILES string of the molecule is Cc1c(C(NC(=O)Nc2cnc(NCCO)nc2)C(F)(F)F)oc2c(F)cc(F)cc12. The topological polar surface area (TPSA) is 112 Å². The number of carbonyl (C=O) groups is 1. The number of aliphatic hydroxyl groups is 1. The number of fused-ring (bicyclic) bond motifs is 1. The van der Waals surface area contributed by atoms with Crippen molar-refractivity contribution in [3.63, 3.8) is 0 Å². The van der Waals surface area contributed by atoms with Crippen molar-refractivity contribution in [3.05, 3.63) is 47.5 Å². The van der Waals surface area contributed by atoms with E-state index < -0.39 is 41.2 Å². The molecule has 1 atom stereocenters. The van der Waals surface area contributed by atoms with Crippen LogP contribution in [0.15, 0.2) is 28.9 Å². The van der Waals surface area contributed by atoms with Crippen molar-refractivity contribution in [3.8, 4) is 0 Å². The molecule has 2 heterocycles. The lowest BCUT2D eigenvalue weighted by molar-refractivity contribution is -0.158. The standard InChI is InChI=1S/C18H16F5N5O3/c1-8-11-4-9(19)5-12(20)14(11)31-13(8)15(18(21,22)23)28-17(30)27-10-6-25-16(26-7-10)24-2-3-29/h4-7,15,29H,2-3H2,1H3,(H,24,25,26)(H2,27,28,30). The first-order valence-corrected chi connectivity index (χ1v) is 8.79. The first-order chi connectivity index (χ1) is 14.6. The number of aromatic nitrogens is 2.